The van der Waals surface area contributed by atoms with Crippen molar-refractivity contribution in [3.8, 4) is 0 Å². The van der Waals surface area contributed by atoms with Crippen molar-refractivity contribution in [1.82, 2.24) is 0 Å². The zero-order chi connectivity index (χ0) is 7.11. The molecule has 0 aromatic carbocycles. The van der Waals surface area contributed by atoms with Crippen molar-refractivity contribution in [3.63, 3.8) is 0 Å². The molecule has 2 heteroatoms. The standard InChI is InChI=1S/C7H14BrO/c1-2-4-7(9)5-3-6-8/h7H,2-6H2,1H3. The first-order chi connectivity index (χ1) is 4.31. The van der Waals surface area contributed by atoms with Crippen LogP contribution in [0.25, 0.3) is 0 Å². The lowest BCUT2D eigenvalue weighted by molar-refractivity contribution is 0.0728. The van der Waals surface area contributed by atoms with Gasteiger partial charge < -0.3 is 0 Å². The summed E-state index contributed by atoms with van der Waals surface area (Å²) in [6.45, 7) is 2.05. The third-order valence-electron chi connectivity index (χ3n) is 1.27. The Morgan fingerprint density at radius 3 is 2.56 bits per heavy atom. The van der Waals surface area contributed by atoms with Crippen LogP contribution in [0.4, 0.5) is 0 Å². The molecule has 0 saturated heterocycles. The molecular weight excluding hydrogens is 180 g/mol. The zero-order valence-corrected chi connectivity index (χ0v) is 7.49. The second-order valence-corrected chi connectivity index (χ2v) is 3.03. The molecule has 1 radical (unpaired) electrons. The first kappa shape index (κ1) is 9.44. The molecule has 55 valence electrons. The van der Waals surface area contributed by atoms with E-state index in [9.17, 15) is 5.11 Å². The predicted molar refractivity (Wildman–Crippen MR) is 42.4 cm³/mol. The van der Waals surface area contributed by atoms with Gasteiger partial charge >= 0.3 is 0 Å². The summed E-state index contributed by atoms with van der Waals surface area (Å²) < 4.78 is 0. The fourth-order valence-corrected chi connectivity index (χ4v) is 1.09. The fraction of sp³-hybridized carbons (Fsp3) is 1.00. The minimum absolute atomic E-state index is 0.312. The van der Waals surface area contributed by atoms with Crippen LogP contribution in [0.5, 0.6) is 0 Å². The molecule has 0 aliphatic carbocycles. The molecule has 0 aromatic heterocycles. The summed E-state index contributed by atoms with van der Waals surface area (Å²) in [5.41, 5.74) is 0. The fourth-order valence-electron chi connectivity index (χ4n) is 0.771. The molecule has 1 atom stereocenters. The van der Waals surface area contributed by atoms with E-state index in [4.69, 9.17) is 0 Å². The normalized spacial score (nSPS) is 13.7. The van der Waals surface area contributed by atoms with Crippen molar-refractivity contribution in [3.05, 3.63) is 0 Å². The van der Waals surface area contributed by atoms with Crippen LogP contribution in [0, 0.1) is 0 Å². The summed E-state index contributed by atoms with van der Waals surface area (Å²) in [7, 11) is 0. The molecule has 0 bridgehead atoms. The lowest BCUT2D eigenvalue weighted by Crippen LogP contribution is -2.03. The summed E-state index contributed by atoms with van der Waals surface area (Å²) in [5, 5.41) is 11.8. The summed E-state index contributed by atoms with van der Waals surface area (Å²) in [4.78, 5) is 0. The quantitative estimate of drug-likeness (QED) is 0.599. The van der Waals surface area contributed by atoms with E-state index in [-0.39, 0.29) is 6.10 Å². The van der Waals surface area contributed by atoms with Crippen molar-refractivity contribution < 1.29 is 5.11 Å². The highest BCUT2D eigenvalue weighted by atomic mass is 79.9. The Labute approximate surface area is 65.6 Å². The highest BCUT2D eigenvalue weighted by molar-refractivity contribution is 9.09. The monoisotopic (exact) mass is 193 g/mol. The Kier molecular flexibility index (Phi) is 6.88. The number of hydrogen-bond acceptors (Lipinski definition) is 0. The topological polar surface area (TPSA) is 19.9 Å². The van der Waals surface area contributed by atoms with Crippen LogP contribution in [0.2, 0.25) is 0 Å². The zero-order valence-electron chi connectivity index (χ0n) is 5.90. The van der Waals surface area contributed by atoms with Gasteiger partial charge in [-0.1, -0.05) is 29.3 Å². The van der Waals surface area contributed by atoms with Crippen LogP contribution < -0.4 is 0 Å². The molecule has 0 amide bonds. The van der Waals surface area contributed by atoms with E-state index >= 15 is 0 Å². The summed E-state index contributed by atoms with van der Waals surface area (Å²) in [6, 6.07) is 0. The van der Waals surface area contributed by atoms with Crippen LogP contribution in [-0.2, 0) is 5.11 Å². The van der Waals surface area contributed by atoms with Crippen LogP contribution in [0.1, 0.15) is 32.6 Å². The van der Waals surface area contributed by atoms with Crippen LogP contribution in [0.15, 0.2) is 0 Å². The molecular formula is C7H14BrO. The van der Waals surface area contributed by atoms with E-state index in [1.54, 1.807) is 0 Å². The van der Waals surface area contributed by atoms with Crippen LogP contribution in [0.3, 0.4) is 0 Å². The molecule has 1 unspecified atom stereocenters. The highest BCUT2D eigenvalue weighted by Crippen LogP contribution is 2.05. The third-order valence-corrected chi connectivity index (χ3v) is 1.83. The molecule has 0 aliphatic heterocycles. The maximum Gasteiger partial charge on any atom is 0.0930 e. The summed E-state index contributed by atoms with van der Waals surface area (Å²) in [5.74, 6) is 0. The SMILES string of the molecule is CCCC([O])CCCBr. The molecule has 0 rings (SSSR count). The van der Waals surface area contributed by atoms with Gasteiger partial charge in [0.1, 0.15) is 0 Å². The third kappa shape index (κ3) is 6.32. The van der Waals surface area contributed by atoms with Gasteiger partial charge in [0.25, 0.3) is 0 Å². The van der Waals surface area contributed by atoms with Crippen molar-refractivity contribution in [2.24, 2.45) is 0 Å². The molecule has 0 fully saturated rings. The lowest BCUT2D eigenvalue weighted by atomic mass is 10.1. The summed E-state index contributed by atoms with van der Waals surface area (Å²) >= 11 is 3.29. The second kappa shape index (κ2) is 6.56. The molecule has 0 saturated carbocycles. The van der Waals surface area contributed by atoms with E-state index < -0.39 is 0 Å². The van der Waals surface area contributed by atoms with Gasteiger partial charge in [0.15, 0.2) is 0 Å². The summed E-state index contributed by atoms with van der Waals surface area (Å²) in [6.07, 6.45) is 3.41. The Balaban J connectivity index is 2.95. The van der Waals surface area contributed by atoms with Crippen molar-refractivity contribution >= 4 is 15.9 Å². The Bertz CT molecular complexity index is 56.9. The minimum atomic E-state index is -0.312. The number of hydrogen-bond donors (Lipinski definition) is 0. The lowest BCUT2D eigenvalue weighted by Gasteiger charge is -2.02. The van der Waals surface area contributed by atoms with E-state index in [1.165, 1.54) is 0 Å². The van der Waals surface area contributed by atoms with Gasteiger partial charge in [-0.2, -0.15) is 0 Å². The van der Waals surface area contributed by atoms with Crippen LogP contribution in [-0.4, -0.2) is 11.4 Å². The average Bonchev–Trinajstić information content (AvgIpc) is 1.85. The molecule has 0 heterocycles. The smallest absolute Gasteiger partial charge is 0.0930 e. The molecule has 0 aliphatic rings. The van der Waals surface area contributed by atoms with E-state index in [0.717, 1.165) is 31.0 Å². The van der Waals surface area contributed by atoms with Gasteiger partial charge in [-0.25, -0.2) is 5.11 Å². The van der Waals surface area contributed by atoms with Crippen molar-refractivity contribution in [1.29, 1.82) is 0 Å². The minimum Gasteiger partial charge on any atom is -0.233 e. The van der Waals surface area contributed by atoms with E-state index in [0.29, 0.717) is 0 Å². The molecule has 0 spiro atoms. The number of rotatable bonds is 5. The first-order valence-electron chi connectivity index (χ1n) is 3.53. The average molecular weight is 194 g/mol. The molecule has 0 aromatic rings. The highest BCUT2D eigenvalue weighted by Gasteiger charge is 2.01. The van der Waals surface area contributed by atoms with Gasteiger partial charge in [-0.3, -0.25) is 0 Å². The van der Waals surface area contributed by atoms with Gasteiger partial charge in [0.2, 0.25) is 0 Å². The first-order valence-corrected chi connectivity index (χ1v) is 4.65. The number of halogens is 1. The van der Waals surface area contributed by atoms with Gasteiger partial charge in [0.05, 0.1) is 6.10 Å². The Morgan fingerprint density at radius 1 is 1.44 bits per heavy atom. The Hall–Kier alpha value is 0.440. The van der Waals surface area contributed by atoms with Crippen molar-refractivity contribution in [2.75, 3.05) is 5.33 Å². The maximum absolute atomic E-state index is 10.9. The molecule has 9 heavy (non-hydrogen) atoms. The van der Waals surface area contributed by atoms with Gasteiger partial charge in [-0.05, 0) is 19.3 Å². The van der Waals surface area contributed by atoms with E-state index in [1.807, 2.05) is 0 Å². The molecule has 0 N–H and O–H groups in total. The predicted octanol–water partition coefficient (Wildman–Crippen LogP) is 2.76. The number of alkyl halides is 1. The van der Waals surface area contributed by atoms with Crippen molar-refractivity contribution in [2.45, 2.75) is 38.7 Å². The van der Waals surface area contributed by atoms with E-state index in [2.05, 4.69) is 22.9 Å². The van der Waals surface area contributed by atoms with Gasteiger partial charge in [-0.15, -0.1) is 0 Å². The largest absolute Gasteiger partial charge is 0.233 e. The maximum atomic E-state index is 10.9. The van der Waals surface area contributed by atoms with Crippen LogP contribution >= 0.6 is 15.9 Å². The second-order valence-electron chi connectivity index (χ2n) is 2.24. The van der Waals surface area contributed by atoms with Gasteiger partial charge in [0, 0.05) is 5.33 Å². The Morgan fingerprint density at radius 2 is 2.11 bits per heavy atom. The molecule has 1 nitrogen and oxygen atoms in total.